The minimum Gasteiger partial charge on any atom is -0.399 e. The van der Waals surface area contributed by atoms with Crippen molar-refractivity contribution in [3.05, 3.63) is 85.2 Å². The average molecular weight is 829 g/mol. The monoisotopic (exact) mass is 828 g/mol. The predicted octanol–water partition coefficient (Wildman–Crippen LogP) is 12.5. The van der Waals surface area contributed by atoms with Crippen molar-refractivity contribution in [1.82, 2.24) is 0 Å². The van der Waals surface area contributed by atoms with Crippen LogP contribution in [-0.2, 0) is 52.2 Å². The van der Waals surface area contributed by atoms with Gasteiger partial charge in [-0.15, -0.1) is 0 Å². The molecule has 0 bridgehead atoms. The van der Waals surface area contributed by atoms with Crippen LogP contribution in [0.1, 0.15) is 141 Å². The first-order chi connectivity index (χ1) is 27.5. The molecule has 8 nitrogen and oxygen atoms in total. The highest BCUT2D eigenvalue weighted by molar-refractivity contribution is 7.48. The van der Waals surface area contributed by atoms with E-state index in [0.29, 0.717) is 46.8 Å². The summed E-state index contributed by atoms with van der Waals surface area (Å²) in [5, 5.41) is 0. The number of hydrogen-bond acceptors (Lipinski definition) is 6. The smallest absolute Gasteiger partial charge is 0.399 e. The number of benzene rings is 3. The maximum Gasteiger partial charge on any atom is 0.584 e. The molecule has 8 atom stereocenters. The van der Waals surface area contributed by atoms with E-state index in [-0.39, 0.29) is 5.92 Å². The summed E-state index contributed by atoms with van der Waals surface area (Å²) >= 11 is 0. The number of phosphoric ester groups is 2. The highest BCUT2D eigenvalue weighted by atomic mass is 31.2. The Kier molecular flexibility index (Phi) is 10.3. The minimum absolute atomic E-state index is 0.0567. The Morgan fingerprint density at radius 2 is 1.00 bits per heavy atom. The Morgan fingerprint density at radius 3 is 1.53 bits per heavy atom. The Labute approximate surface area is 345 Å². The number of phosphoric acid groups is 2. The molecule has 5 aliphatic carbocycles. The molecule has 3 aromatic carbocycles. The van der Waals surface area contributed by atoms with E-state index in [1.165, 1.54) is 51.8 Å². The summed E-state index contributed by atoms with van der Waals surface area (Å²) in [5.41, 5.74) is 15.2. The van der Waals surface area contributed by atoms with E-state index in [2.05, 4.69) is 52.8 Å². The zero-order valence-electron chi connectivity index (χ0n) is 35.7. The number of fused-ring (bicyclic) bond motifs is 14. The van der Waals surface area contributed by atoms with Crippen LogP contribution >= 0.6 is 15.6 Å². The lowest BCUT2D eigenvalue weighted by molar-refractivity contribution is 0.131. The quantitative estimate of drug-likeness (QED) is 0.216. The van der Waals surface area contributed by atoms with Crippen molar-refractivity contribution >= 4 is 15.6 Å². The van der Waals surface area contributed by atoms with Gasteiger partial charge in [0, 0.05) is 22.6 Å². The lowest BCUT2D eigenvalue weighted by Crippen LogP contribution is -2.34. The lowest BCUT2D eigenvalue weighted by Gasteiger charge is -2.44. The van der Waals surface area contributed by atoms with E-state index in [0.717, 1.165) is 116 Å². The Hall–Kier alpha value is -3.02. The number of aryl methyl sites for hydroxylation is 3. The summed E-state index contributed by atoms with van der Waals surface area (Å²) in [6.07, 6.45) is 14.1. The molecule has 0 spiro atoms. The largest absolute Gasteiger partial charge is 0.584 e. The molecule has 1 saturated carbocycles. The molecule has 2 heterocycles. The van der Waals surface area contributed by atoms with Crippen molar-refractivity contribution in [3.63, 3.8) is 0 Å². The maximum absolute atomic E-state index is 12.9. The van der Waals surface area contributed by atoms with Crippen LogP contribution in [0.2, 0.25) is 0 Å². The van der Waals surface area contributed by atoms with E-state index in [1.807, 2.05) is 20.8 Å². The van der Waals surface area contributed by atoms with Crippen LogP contribution in [0, 0.1) is 56.3 Å². The molecule has 58 heavy (non-hydrogen) atoms. The first kappa shape index (κ1) is 40.4. The van der Waals surface area contributed by atoms with Crippen LogP contribution < -0.4 is 13.6 Å². The standard InChI is InChI=1S/C24H33O4P.C24H29O4P/c2*1-13-5-7-19-17(9-13)11-15(3)23-21(19)22-20-8-6-14(2)10-18(20)12-16(4)24(22)28-29(25,26)27-23/h11,13-14,18,20,22H,5-10,12H2,1-4H3,(H,25,26);11-14H,5-10H2,1-4H3,(H,25,26)/t13?,14?,18?,20?,22-;/m0./s1. The number of allylic oxidation sites excluding steroid dienone is 2. The highest BCUT2D eigenvalue weighted by Gasteiger charge is 2.49. The second kappa shape index (κ2) is 14.9. The number of hydrogen-bond donors (Lipinski definition) is 2. The van der Waals surface area contributed by atoms with Gasteiger partial charge in [0.25, 0.3) is 0 Å². The van der Waals surface area contributed by atoms with E-state index in [4.69, 9.17) is 18.1 Å². The molecule has 2 N–H and O–H groups in total. The zero-order chi connectivity index (χ0) is 41.0. The van der Waals surface area contributed by atoms with Crippen LogP contribution in [0.3, 0.4) is 0 Å². The van der Waals surface area contributed by atoms with E-state index in [9.17, 15) is 18.9 Å². The molecule has 0 amide bonds. The van der Waals surface area contributed by atoms with Gasteiger partial charge in [0.1, 0.15) is 23.0 Å². The fourth-order valence-corrected chi connectivity index (χ4v) is 14.1. The molecular formula is C48H62O8P2. The van der Waals surface area contributed by atoms with Crippen LogP contribution in [0.25, 0.3) is 11.1 Å². The average Bonchev–Trinajstić information content (AvgIpc) is 3.36. The highest BCUT2D eigenvalue weighted by Crippen LogP contribution is 2.63. The second-order valence-electron chi connectivity index (χ2n) is 19.7. The van der Waals surface area contributed by atoms with Crippen molar-refractivity contribution in [2.45, 2.75) is 145 Å². The Morgan fingerprint density at radius 1 is 0.552 bits per heavy atom. The Balaban J connectivity index is 0.000000150. The molecule has 7 unspecified atom stereocenters. The predicted molar refractivity (Wildman–Crippen MR) is 229 cm³/mol. The molecule has 10 rings (SSSR count). The molecule has 0 aromatic heterocycles. The molecule has 3 aromatic rings. The van der Waals surface area contributed by atoms with Crippen molar-refractivity contribution in [1.29, 1.82) is 0 Å². The van der Waals surface area contributed by atoms with Crippen LogP contribution in [0.15, 0.2) is 29.5 Å². The van der Waals surface area contributed by atoms with Gasteiger partial charge >= 0.3 is 15.6 Å². The summed E-state index contributed by atoms with van der Waals surface area (Å²) in [6, 6.07) is 6.49. The molecule has 7 aliphatic rings. The van der Waals surface area contributed by atoms with Gasteiger partial charge in [0.2, 0.25) is 0 Å². The van der Waals surface area contributed by atoms with Gasteiger partial charge in [-0.3, -0.25) is 9.79 Å². The van der Waals surface area contributed by atoms with Crippen molar-refractivity contribution in [2.24, 2.45) is 35.5 Å². The van der Waals surface area contributed by atoms with Crippen LogP contribution in [-0.4, -0.2) is 9.79 Å². The van der Waals surface area contributed by atoms with Gasteiger partial charge in [-0.1, -0.05) is 52.3 Å². The summed E-state index contributed by atoms with van der Waals surface area (Å²) < 4.78 is 48.7. The normalized spacial score (nSPS) is 33.0. The second-order valence-corrected chi connectivity index (χ2v) is 22.3. The molecule has 10 heteroatoms. The first-order valence-electron chi connectivity index (χ1n) is 22.1. The summed E-state index contributed by atoms with van der Waals surface area (Å²) in [5.74, 6) is 6.31. The van der Waals surface area contributed by atoms with Crippen molar-refractivity contribution in [2.75, 3.05) is 0 Å². The summed E-state index contributed by atoms with van der Waals surface area (Å²) in [6.45, 7) is 17.3. The molecule has 2 aliphatic heterocycles. The molecule has 1 fully saturated rings. The van der Waals surface area contributed by atoms with Gasteiger partial charge < -0.3 is 18.1 Å². The fraction of sp³-hybridized carbons (Fsp3) is 0.583. The third-order valence-electron chi connectivity index (χ3n) is 14.8. The van der Waals surface area contributed by atoms with Crippen LogP contribution in [0.4, 0.5) is 0 Å². The summed E-state index contributed by atoms with van der Waals surface area (Å²) in [4.78, 5) is 21.0. The first-order valence-corrected chi connectivity index (χ1v) is 25.1. The van der Waals surface area contributed by atoms with E-state index in [1.54, 1.807) is 0 Å². The summed E-state index contributed by atoms with van der Waals surface area (Å²) in [7, 11) is -8.43. The van der Waals surface area contributed by atoms with Crippen LogP contribution in [0.5, 0.6) is 17.2 Å². The minimum atomic E-state index is -4.24. The van der Waals surface area contributed by atoms with Gasteiger partial charge in [-0.2, -0.15) is 0 Å². The third kappa shape index (κ3) is 7.20. The van der Waals surface area contributed by atoms with Gasteiger partial charge in [0.05, 0.1) is 0 Å². The SMILES string of the molecule is CC1=C2OP(=O)(O)Oc3c(C)cc4c(c3[C@@H]2C2CCC(C)CC2C1)CCC(C)C4.Cc1cc2c(c3c1OP(=O)(O)Oc1c(C)cc4c(c1-3)CCC(C)C4)CCC(C)C2. The third-order valence-corrected chi connectivity index (χ3v) is 16.5. The zero-order valence-corrected chi connectivity index (χ0v) is 37.5. The topological polar surface area (TPSA) is 112 Å². The van der Waals surface area contributed by atoms with E-state index >= 15 is 0 Å². The lowest BCUT2D eigenvalue weighted by atomic mass is 9.60. The molecule has 0 saturated heterocycles. The Bertz CT molecular complexity index is 2240. The van der Waals surface area contributed by atoms with Crippen molar-refractivity contribution in [3.8, 4) is 28.4 Å². The van der Waals surface area contributed by atoms with E-state index < -0.39 is 15.6 Å². The molecule has 0 radical (unpaired) electrons. The van der Waals surface area contributed by atoms with Crippen molar-refractivity contribution < 1.29 is 37.0 Å². The maximum atomic E-state index is 12.9. The molecular weight excluding hydrogens is 766 g/mol. The fourth-order valence-electron chi connectivity index (χ4n) is 12.1. The van der Waals surface area contributed by atoms with Gasteiger partial charge in [0.15, 0.2) is 0 Å². The van der Waals surface area contributed by atoms with Gasteiger partial charge in [-0.05, 0) is 196 Å². The molecule has 312 valence electrons. The number of rotatable bonds is 0. The van der Waals surface area contributed by atoms with Gasteiger partial charge in [-0.25, -0.2) is 9.13 Å².